The molecule has 286 valence electrons. The number of allylic oxidation sites excluding steroid dienone is 3. The van der Waals surface area contributed by atoms with Crippen LogP contribution in [-0.4, -0.2) is 20.8 Å². The first-order valence-electron chi connectivity index (χ1n) is 21.4. The minimum Gasteiger partial charge on any atom is -0.379 e. The molecule has 54 heavy (non-hydrogen) atoms. The van der Waals surface area contributed by atoms with E-state index >= 15 is 0 Å². The van der Waals surface area contributed by atoms with Crippen LogP contribution in [0.4, 0.5) is 0 Å². The summed E-state index contributed by atoms with van der Waals surface area (Å²) in [7, 11) is -1.74. The van der Waals surface area contributed by atoms with Crippen molar-refractivity contribution < 1.29 is 4.74 Å². The van der Waals surface area contributed by atoms with Crippen LogP contribution in [0.15, 0.2) is 53.1 Å². The highest BCUT2D eigenvalue weighted by Crippen LogP contribution is 2.55. The van der Waals surface area contributed by atoms with Crippen LogP contribution < -0.4 is 0 Å². The maximum Gasteiger partial charge on any atom is 0.0722 e. The molecule has 3 aromatic carbocycles. The lowest BCUT2D eigenvalue weighted by molar-refractivity contribution is 0.125. The Kier molecular flexibility index (Phi) is 9.37. The Morgan fingerprint density at radius 3 is 1.48 bits per heavy atom. The predicted molar refractivity (Wildman–Crippen MR) is 235 cm³/mol. The minimum atomic E-state index is -1.74. The molecule has 0 bridgehead atoms. The fourth-order valence-corrected chi connectivity index (χ4v) is 17.3. The lowest BCUT2D eigenvalue weighted by atomic mass is 9.89. The van der Waals surface area contributed by atoms with Crippen LogP contribution in [-0.2, 0) is 49.7 Å². The van der Waals surface area contributed by atoms with Crippen molar-refractivity contribution in [1.82, 2.24) is 0 Å². The Hall–Kier alpha value is -2.94. The van der Waals surface area contributed by atoms with Crippen LogP contribution in [0, 0.1) is 16.2 Å². The van der Waals surface area contributed by atoms with E-state index in [1.165, 1.54) is 68.9 Å². The quantitative estimate of drug-likeness (QED) is 0.238. The molecule has 3 atom stereocenters. The van der Waals surface area contributed by atoms with Gasteiger partial charge in [0.25, 0.3) is 0 Å². The maximum absolute atomic E-state index is 5.15. The van der Waals surface area contributed by atoms with Crippen molar-refractivity contribution in [2.24, 2.45) is 16.2 Å². The molecule has 0 amide bonds. The second-order valence-electron chi connectivity index (χ2n) is 21.7. The number of ether oxygens (including phenoxy) is 1. The standard InChI is InChI=1S/C32H40Si.C15H18.C5H10O/c1-19-13-25-23(11-9-21-15-31(3,4)17-27(21)25)29(19)33(7,8)30-20(2)14-26-24(30)12-10-22-16-32(5,6)18-28(22)26;1-10-6-11-4-5-12-8-15(2,3)9-14(12)13(11)7-10;1-5-3-2-4-6-5/h9-14,29-30H,15-18H2,1-8H3;4-6H,7-9H2,1-3H3;5H,2-4H2,1H3. The Balaban J connectivity index is 0.000000161. The monoisotopic (exact) mass is 737 g/mol. The molecule has 0 saturated carbocycles. The average Bonchev–Trinajstić information content (AvgIpc) is 3.91. The van der Waals surface area contributed by atoms with Crippen molar-refractivity contribution in [3.05, 3.63) is 120 Å². The van der Waals surface area contributed by atoms with Gasteiger partial charge in [-0.25, -0.2) is 0 Å². The minimum absolute atomic E-state index is 0.405. The zero-order valence-corrected chi connectivity index (χ0v) is 36.9. The SMILES string of the molecule is CC1=Cc2c(ccc3c2CC(C)(C)C3)C1[Si](C)(C)C1C(C)=Cc2c1ccc1c2CC(C)(C)C1.CC1=Cc2ccc3c(c2C1)CC(C)(C)C3.CC1CCCO1. The summed E-state index contributed by atoms with van der Waals surface area (Å²) >= 11 is 0. The number of rotatable bonds is 2. The van der Waals surface area contributed by atoms with Gasteiger partial charge in [-0.2, -0.15) is 0 Å². The highest BCUT2D eigenvalue weighted by molar-refractivity contribution is 6.81. The van der Waals surface area contributed by atoms with Gasteiger partial charge >= 0.3 is 0 Å². The molecule has 1 nitrogen and oxygen atoms in total. The van der Waals surface area contributed by atoms with Gasteiger partial charge in [-0.15, -0.1) is 0 Å². The third-order valence-electron chi connectivity index (χ3n) is 14.3. The summed E-state index contributed by atoms with van der Waals surface area (Å²) in [5.74, 6) is 0. The van der Waals surface area contributed by atoms with E-state index in [9.17, 15) is 0 Å². The fraction of sp³-hybridized carbons (Fsp3) is 0.538. The molecule has 0 aromatic heterocycles. The Morgan fingerprint density at radius 1 is 0.574 bits per heavy atom. The molecule has 6 aliphatic carbocycles. The van der Waals surface area contributed by atoms with Gasteiger partial charge in [0.2, 0.25) is 0 Å². The van der Waals surface area contributed by atoms with Gasteiger partial charge in [-0.05, 0) is 168 Å². The van der Waals surface area contributed by atoms with E-state index in [0.717, 1.165) is 6.61 Å². The first kappa shape index (κ1) is 38.0. The molecular formula is C52H68OSi. The molecule has 1 saturated heterocycles. The van der Waals surface area contributed by atoms with Crippen LogP contribution in [0.3, 0.4) is 0 Å². The maximum atomic E-state index is 5.15. The summed E-state index contributed by atoms with van der Waals surface area (Å²) in [5, 5.41) is 0. The summed E-state index contributed by atoms with van der Waals surface area (Å²) < 4.78 is 5.15. The average molecular weight is 737 g/mol. The molecule has 1 fully saturated rings. The van der Waals surface area contributed by atoms with Gasteiger partial charge in [0, 0.05) is 17.7 Å². The van der Waals surface area contributed by atoms with Crippen LogP contribution >= 0.6 is 0 Å². The van der Waals surface area contributed by atoms with Crippen molar-refractivity contribution in [3.63, 3.8) is 0 Å². The summed E-state index contributed by atoms with van der Waals surface area (Å²) in [6.45, 7) is 30.1. The molecule has 0 spiro atoms. The fourth-order valence-electron chi connectivity index (χ4n) is 12.3. The van der Waals surface area contributed by atoms with Crippen molar-refractivity contribution in [1.29, 1.82) is 0 Å². The van der Waals surface area contributed by atoms with Crippen molar-refractivity contribution >= 4 is 26.3 Å². The lowest BCUT2D eigenvalue weighted by Gasteiger charge is -2.39. The Morgan fingerprint density at radius 2 is 1.04 bits per heavy atom. The molecular weight excluding hydrogens is 669 g/mol. The van der Waals surface area contributed by atoms with E-state index in [4.69, 9.17) is 4.74 Å². The van der Waals surface area contributed by atoms with Crippen LogP contribution in [0.1, 0.15) is 160 Å². The van der Waals surface area contributed by atoms with E-state index in [-0.39, 0.29) is 0 Å². The van der Waals surface area contributed by atoms with Gasteiger partial charge < -0.3 is 4.74 Å². The van der Waals surface area contributed by atoms with E-state index < -0.39 is 8.07 Å². The van der Waals surface area contributed by atoms with Crippen LogP contribution in [0.2, 0.25) is 13.1 Å². The van der Waals surface area contributed by atoms with Gasteiger partial charge in [0.1, 0.15) is 0 Å². The highest BCUT2D eigenvalue weighted by atomic mass is 28.3. The Bertz CT molecular complexity index is 2010. The van der Waals surface area contributed by atoms with Crippen LogP contribution in [0.25, 0.3) is 18.2 Å². The van der Waals surface area contributed by atoms with E-state index in [1.54, 1.807) is 72.3 Å². The van der Waals surface area contributed by atoms with E-state index in [2.05, 4.69) is 137 Å². The molecule has 0 N–H and O–H groups in total. The zero-order chi connectivity index (χ0) is 38.5. The second kappa shape index (κ2) is 13.3. The number of hydrogen-bond donors (Lipinski definition) is 0. The molecule has 2 heteroatoms. The molecule has 10 rings (SSSR count). The van der Waals surface area contributed by atoms with Crippen molar-refractivity contribution in [2.75, 3.05) is 6.61 Å². The summed E-state index contributed by atoms with van der Waals surface area (Å²) in [5.41, 5.74) is 26.6. The first-order valence-corrected chi connectivity index (χ1v) is 24.6. The third-order valence-corrected chi connectivity index (χ3v) is 18.8. The number of hydrogen-bond acceptors (Lipinski definition) is 1. The van der Waals surface area contributed by atoms with Gasteiger partial charge in [0.05, 0.1) is 14.2 Å². The predicted octanol–water partition coefficient (Wildman–Crippen LogP) is 13.4. The highest BCUT2D eigenvalue weighted by Gasteiger charge is 2.48. The third kappa shape index (κ3) is 6.80. The molecule has 3 unspecified atom stereocenters. The van der Waals surface area contributed by atoms with Gasteiger partial charge in [-0.1, -0.05) is 126 Å². The Labute approximate surface area is 329 Å². The summed E-state index contributed by atoms with van der Waals surface area (Å²) in [6.07, 6.45) is 19.2. The second-order valence-corrected chi connectivity index (χ2v) is 26.5. The summed E-state index contributed by atoms with van der Waals surface area (Å²) in [4.78, 5) is 0. The van der Waals surface area contributed by atoms with Crippen molar-refractivity contribution in [3.8, 4) is 0 Å². The number of benzene rings is 3. The molecule has 3 aromatic rings. The molecule has 0 radical (unpaired) electrons. The largest absolute Gasteiger partial charge is 0.379 e. The van der Waals surface area contributed by atoms with E-state index in [1.807, 2.05) is 0 Å². The zero-order valence-electron chi connectivity index (χ0n) is 35.9. The smallest absolute Gasteiger partial charge is 0.0722 e. The topological polar surface area (TPSA) is 9.23 Å². The van der Waals surface area contributed by atoms with Gasteiger partial charge in [-0.3, -0.25) is 0 Å². The van der Waals surface area contributed by atoms with E-state index in [0.29, 0.717) is 33.4 Å². The van der Waals surface area contributed by atoms with Gasteiger partial charge in [0.15, 0.2) is 0 Å². The van der Waals surface area contributed by atoms with Crippen molar-refractivity contribution in [2.45, 2.75) is 157 Å². The summed E-state index contributed by atoms with van der Waals surface area (Å²) in [6, 6.07) is 14.6. The number of fused-ring (bicyclic) bond motifs is 9. The normalized spacial score (nSPS) is 25.6. The first-order chi connectivity index (χ1) is 25.3. The molecule has 1 heterocycles. The lowest BCUT2D eigenvalue weighted by Crippen LogP contribution is -2.42. The molecule has 7 aliphatic rings. The van der Waals surface area contributed by atoms with Crippen LogP contribution in [0.5, 0.6) is 0 Å². The molecule has 1 aliphatic heterocycles.